The maximum Gasteiger partial charge on any atom is 3.00 e. The van der Waals surface area contributed by atoms with Gasteiger partial charge >= 0.3 is 113 Å². The number of ketones is 2. The van der Waals surface area contributed by atoms with E-state index in [-0.39, 0.29) is 195 Å². The number of hydrogen-bond donors (Lipinski definition) is 2. The molecule has 0 saturated heterocycles. The number of aliphatic hydroxyl groups excluding tert-OH is 2. The van der Waals surface area contributed by atoms with Crippen LogP contribution in [0.15, 0.2) is 129 Å². The Bertz CT molecular complexity index is 2790. The minimum Gasteiger partial charge on any atom is -0.875 e. The van der Waals surface area contributed by atoms with E-state index in [1.54, 1.807) is 88.4 Å². The smallest absolute Gasteiger partial charge is 0.875 e. The van der Waals surface area contributed by atoms with E-state index >= 15 is 0 Å². The van der Waals surface area contributed by atoms with E-state index in [0.717, 1.165) is 42.3 Å². The summed E-state index contributed by atoms with van der Waals surface area (Å²) in [6.45, 7) is 31.0. The fraction of sp³-hybridized carbons (Fsp3) is 0.471. The Kier molecular flexibility index (Phi) is 67.4. The number of benzene rings is 4. The molecule has 0 heterocycles. The number of carboxylic acids is 2. The summed E-state index contributed by atoms with van der Waals surface area (Å²) in [4.78, 5) is 57.2. The van der Waals surface area contributed by atoms with E-state index in [1.165, 1.54) is 63.1 Å². The molecule has 4 aromatic rings. The number of nitrogens with zero attached hydrogens (tertiary/aromatic N) is 4. The van der Waals surface area contributed by atoms with Gasteiger partial charge < -0.3 is 90.6 Å². The number of ether oxygens (including phenoxy) is 2. The van der Waals surface area contributed by atoms with Crippen LogP contribution in [-0.2, 0) is 52.7 Å². The minimum atomic E-state index is -1.08. The van der Waals surface area contributed by atoms with Crippen LogP contribution in [0.5, 0.6) is 34.5 Å². The molecule has 0 amide bonds. The van der Waals surface area contributed by atoms with Crippen molar-refractivity contribution < 1.29 is 214 Å². The molecule has 0 fully saturated rings. The number of carboxylic acid groups (broad SMARTS) is 2. The van der Waals surface area contributed by atoms with Gasteiger partial charge in [-0.05, 0) is 111 Å². The molecule has 96 heavy (non-hydrogen) atoms. The average molecular weight is 1720 g/mol. The molecule has 0 aliphatic rings. The van der Waals surface area contributed by atoms with Gasteiger partial charge in [0, 0.05) is 49.4 Å². The number of hydrogen-bond acceptors (Lipinski definition) is 24. The molecule has 542 valence electrons. The first kappa shape index (κ1) is 112. The van der Waals surface area contributed by atoms with Crippen molar-refractivity contribution in [1.82, 2.24) is 0 Å². The SMILES string of the molecule is CC(=O)[O-].CC(=O)[O-].CC(C)(C)C(=O)/C=C(\[O-])C(C)(C)C.CC(C)(C)C(=O)/C=C(\[O-])C(C)(C)C.CO.CO.COc1cccc(C=NC(C)(C)CN=C([O-])c2ccccc2[O-])c1[O-].COc1cccc(C=NC(C)(C)CN=C([O-])c2ccccc2[O-])c1[O-].C[O-].C[O-].[Co+3].[Co+3].[Gd+3].[Gd+3]. The first-order valence-electron chi connectivity index (χ1n) is 27.9. The Morgan fingerprint density at radius 1 is 0.427 bits per heavy atom. The van der Waals surface area contributed by atoms with E-state index in [0.29, 0.717) is 11.1 Å². The molecule has 4 rings (SSSR count). The molecule has 4 aromatic carbocycles. The van der Waals surface area contributed by atoms with Gasteiger partial charge in [0.25, 0.3) is 0 Å². The van der Waals surface area contributed by atoms with Gasteiger partial charge in [0.15, 0.2) is 11.6 Å². The summed E-state index contributed by atoms with van der Waals surface area (Å²) in [5.41, 5.74) is -2.38. The third kappa shape index (κ3) is 53.8. The summed E-state index contributed by atoms with van der Waals surface area (Å²) in [6.07, 6.45) is 5.35. The number of rotatable bonds is 14. The fourth-order valence-corrected chi connectivity index (χ4v) is 5.25. The third-order valence-electron chi connectivity index (χ3n) is 10.5. The molecule has 0 aliphatic carbocycles. The van der Waals surface area contributed by atoms with Gasteiger partial charge in [-0.15, -0.1) is 23.0 Å². The summed E-state index contributed by atoms with van der Waals surface area (Å²) < 4.78 is 9.98. The number of carbonyl (C=O) groups is 4. The Balaban J connectivity index is -0.000000121. The quantitative estimate of drug-likeness (QED) is 0.0734. The molecule has 2 N–H and O–H groups in total. The predicted octanol–water partition coefficient (Wildman–Crippen LogP) is 0.155. The maximum atomic E-state index is 12.1. The number of para-hydroxylation sites is 4. The normalized spacial score (nSPS) is 11.2. The molecule has 0 aliphatic heterocycles. The standard InChI is InChI=1S/2C19H22N2O4.2C11H20O2.2C2H4O2.2CH4O.2CH3O.2Co.2Gd/c2*1-19(2,12-20-18(24)14-8-4-5-9-15(14)22)21-11-13-7-6-10-16(25-3)17(13)23;2*1-10(2,3)8(12)7-9(13)11(4,5)6;2*1-2(3)4;4*1-2;;;;/h2*4-11,22-23H,12H2,1-3H3,(H,20,24);2*7,12H,1-6H3;2*1H3,(H,3,4);2*2H,1H3;2*1H3;;;;/q;;;;;;;;2*-1;4*+3/p-10/b;;2*8-7-;;;;;;;;;;. The molecule has 0 spiro atoms. The Hall–Kier alpha value is -5.18. The van der Waals surface area contributed by atoms with Crippen molar-refractivity contribution in [2.45, 2.75) is 136 Å². The number of methoxy groups -OCH3 is 2. The molecule has 0 aromatic heterocycles. The van der Waals surface area contributed by atoms with Gasteiger partial charge in [0.1, 0.15) is 11.5 Å². The average Bonchev–Trinajstić information content (AvgIpc) is 0.911. The second-order valence-electron chi connectivity index (χ2n) is 23.9. The second kappa shape index (κ2) is 57.7. The van der Waals surface area contributed by atoms with E-state index in [2.05, 4.69) is 20.0 Å². The van der Waals surface area contributed by atoms with Crippen LogP contribution in [0.25, 0.3) is 0 Å². The van der Waals surface area contributed by atoms with Crippen molar-refractivity contribution in [2.24, 2.45) is 41.6 Å². The van der Waals surface area contributed by atoms with E-state index in [1.807, 2.05) is 83.1 Å². The predicted molar refractivity (Wildman–Crippen MR) is 336 cm³/mol. The number of aliphatic hydroxyl groups is 2. The summed E-state index contributed by atoms with van der Waals surface area (Å²) in [5.74, 6) is -4.45. The van der Waals surface area contributed by atoms with E-state index in [4.69, 9.17) is 49.7 Å². The van der Waals surface area contributed by atoms with Crippen molar-refractivity contribution in [1.29, 1.82) is 0 Å². The maximum absolute atomic E-state index is 12.1. The molecule has 0 atom stereocenters. The van der Waals surface area contributed by atoms with Crippen LogP contribution < -0.4 is 70.8 Å². The summed E-state index contributed by atoms with van der Waals surface area (Å²) >= 11 is 0. The minimum absolute atomic E-state index is 0. The second-order valence-corrected chi connectivity index (χ2v) is 23.9. The van der Waals surface area contributed by atoms with Crippen LogP contribution in [0.3, 0.4) is 0 Å². The van der Waals surface area contributed by atoms with Gasteiger partial charge in [-0.1, -0.05) is 167 Å². The summed E-state index contributed by atoms with van der Waals surface area (Å²) in [5, 5.41) is 143. The number of carbonyl (C=O) groups excluding carboxylic acids is 4. The molecule has 24 nitrogen and oxygen atoms in total. The zero-order chi connectivity index (χ0) is 73.8. The number of aliphatic carboxylic acids is 2. The van der Waals surface area contributed by atoms with Crippen molar-refractivity contribution >= 4 is 47.7 Å². The molecule has 28 heteroatoms. The Morgan fingerprint density at radius 2 is 0.667 bits per heavy atom. The molecular weight excluding hydrogens is 1630 g/mol. The Morgan fingerprint density at radius 3 is 0.875 bits per heavy atom. The molecule has 0 saturated carbocycles. The van der Waals surface area contributed by atoms with Crippen LogP contribution in [0.2, 0.25) is 0 Å². The van der Waals surface area contributed by atoms with Crippen LogP contribution in [0.4, 0.5) is 0 Å². The van der Waals surface area contributed by atoms with Gasteiger partial charge in [0.05, 0.1) is 38.4 Å². The van der Waals surface area contributed by atoms with Gasteiger partial charge in [-0.25, -0.2) is 0 Å². The zero-order valence-electron chi connectivity index (χ0n) is 59.2. The fourth-order valence-electron chi connectivity index (χ4n) is 5.25. The van der Waals surface area contributed by atoms with Crippen LogP contribution >= 0.6 is 0 Å². The zero-order valence-corrected chi connectivity index (χ0v) is 65.8. The number of allylic oxidation sites excluding steroid dienone is 4. The first-order valence-corrected chi connectivity index (χ1v) is 27.9. The van der Waals surface area contributed by atoms with Crippen molar-refractivity contribution in [3.63, 3.8) is 0 Å². The van der Waals surface area contributed by atoms with Crippen LogP contribution in [0, 0.1) is 102 Å². The molecule has 0 bridgehead atoms. The third-order valence-corrected chi connectivity index (χ3v) is 10.5. The van der Waals surface area contributed by atoms with Crippen molar-refractivity contribution in [3.8, 4) is 34.5 Å². The van der Waals surface area contributed by atoms with E-state index in [9.17, 15) is 50.4 Å². The number of aliphatic imine (C=N–C) groups is 4. The van der Waals surface area contributed by atoms with Gasteiger partial charge in [0.2, 0.25) is 0 Å². The monoisotopic (exact) mass is 1720 g/mol. The van der Waals surface area contributed by atoms with Gasteiger partial charge in [-0.3, -0.25) is 29.6 Å². The van der Waals surface area contributed by atoms with Crippen LogP contribution in [0.1, 0.15) is 147 Å². The molecular formula is C68H96Co2Gd2N4O20. The largest absolute Gasteiger partial charge is 3.00 e. The van der Waals surface area contributed by atoms with Crippen molar-refractivity contribution in [2.75, 3.05) is 55.7 Å². The Labute approximate surface area is 653 Å². The van der Waals surface area contributed by atoms with Gasteiger partial charge in [-0.2, -0.15) is 14.2 Å². The summed E-state index contributed by atoms with van der Waals surface area (Å²) in [7, 11) is 6.36. The topological polar surface area (TPSA) is 453 Å². The molecule has 0 unspecified atom stereocenters. The summed E-state index contributed by atoms with van der Waals surface area (Å²) in [6, 6.07) is 21.8. The van der Waals surface area contributed by atoms with Crippen LogP contribution in [-0.4, -0.2) is 125 Å². The van der Waals surface area contributed by atoms with E-state index < -0.39 is 56.5 Å². The first-order chi connectivity index (χ1) is 42.2. The van der Waals surface area contributed by atoms with Crippen molar-refractivity contribution in [3.05, 3.63) is 131 Å². The molecule has 2 radical (unpaired) electrons.